The first kappa shape index (κ1) is 82.3. The first-order valence-corrected chi connectivity index (χ1v) is 32.7. The molecule has 98 heavy (non-hydrogen) atoms. The predicted molar refractivity (Wildman–Crippen MR) is 329 cm³/mol. The molecular weight excluding hydrogens is 1320 g/mol. The molecule has 0 aromatic heterocycles. The Morgan fingerprint density at radius 1 is 0.143 bits per heavy atom. The van der Waals surface area contributed by atoms with Gasteiger partial charge in [0, 0.05) is 149 Å². The minimum Gasteiger partial charge on any atom is -0.382 e. The number of ether oxygens (including phenoxy) is 35. The molecule has 21 heterocycles. The molecule has 21 saturated heterocycles. The second kappa shape index (κ2) is 40.4. The third-order valence-electron chi connectivity index (χ3n) is 19.3. The Hall–Kier alpha value is -1.40. The molecule has 21 aliphatic rings. The second-order valence-electron chi connectivity index (χ2n) is 24.5. The molecule has 0 aliphatic carbocycles. The Kier molecular flexibility index (Phi) is 33.9. The maximum atomic E-state index is 7.03. The summed E-state index contributed by atoms with van der Waals surface area (Å²) in [7, 11) is 31.7. The van der Waals surface area contributed by atoms with Crippen LogP contribution in [0, 0.1) is 0 Å². The van der Waals surface area contributed by atoms with Crippen molar-refractivity contribution < 1.29 is 166 Å². The van der Waals surface area contributed by atoms with E-state index < -0.39 is 215 Å². The molecule has 0 aromatic carbocycles. The fraction of sp³-hybridized carbons (Fsp3) is 1.00. The van der Waals surface area contributed by atoms with Gasteiger partial charge in [0.1, 0.15) is 171 Å². The van der Waals surface area contributed by atoms with Crippen molar-refractivity contribution >= 4 is 0 Å². The molecule has 574 valence electrons. The molecule has 35 heteroatoms. The van der Waals surface area contributed by atoms with Crippen LogP contribution in [0.1, 0.15) is 0 Å². The van der Waals surface area contributed by atoms with Crippen LogP contribution in [0.3, 0.4) is 0 Å². The van der Waals surface area contributed by atoms with Crippen LogP contribution < -0.4 is 0 Å². The highest BCUT2D eigenvalue weighted by Crippen LogP contribution is 2.43. The Morgan fingerprint density at radius 2 is 0.245 bits per heavy atom. The van der Waals surface area contributed by atoms with Crippen LogP contribution in [0.4, 0.5) is 0 Å². The Morgan fingerprint density at radius 3 is 0.327 bits per heavy atom. The lowest BCUT2D eigenvalue weighted by atomic mass is 9.94. The van der Waals surface area contributed by atoms with Gasteiger partial charge < -0.3 is 166 Å². The van der Waals surface area contributed by atoms with Crippen LogP contribution in [0.15, 0.2) is 0 Å². The summed E-state index contributed by atoms with van der Waals surface area (Å²) in [5, 5.41) is 0. The summed E-state index contributed by atoms with van der Waals surface area (Å²) in [4.78, 5) is 0. The second-order valence-corrected chi connectivity index (χ2v) is 24.5. The summed E-state index contributed by atoms with van der Waals surface area (Å²) < 4.78 is 226. The predicted octanol–water partition coefficient (Wildman–Crippen LogP) is -1.49. The zero-order valence-electron chi connectivity index (χ0n) is 60.4. The zero-order valence-corrected chi connectivity index (χ0v) is 60.4. The molecule has 0 N–H and O–H groups in total. The molecule has 21 fully saturated rings. The van der Waals surface area contributed by atoms with Crippen LogP contribution >= 0.6 is 0 Å². The van der Waals surface area contributed by atoms with Gasteiger partial charge in [-0.2, -0.15) is 0 Å². The molecule has 0 spiro atoms. The van der Waals surface area contributed by atoms with Gasteiger partial charge in [-0.15, -0.1) is 0 Å². The molecule has 0 radical (unpaired) electrons. The maximum absolute atomic E-state index is 7.03. The van der Waals surface area contributed by atoms with Gasteiger partial charge in [-0.05, 0) is 0 Å². The molecule has 35 atom stereocenters. The van der Waals surface area contributed by atoms with E-state index >= 15 is 0 Å². The van der Waals surface area contributed by atoms with E-state index in [1.165, 1.54) is 149 Å². The van der Waals surface area contributed by atoms with E-state index in [0.29, 0.717) is 0 Å². The fourth-order valence-corrected chi connectivity index (χ4v) is 14.9. The smallest absolute Gasteiger partial charge is 0.187 e. The van der Waals surface area contributed by atoms with Gasteiger partial charge >= 0.3 is 0 Å². The largest absolute Gasteiger partial charge is 0.382 e. The van der Waals surface area contributed by atoms with Crippen molar-refractivity contribution in [2.24, 2.45) is 0 Å². The van der Waals surface area contributed by atoms with Crippen molar-refractivity contribution in [3.05, 3.63) is 0 Å². The lowest BCUT2D eigenvalue weighted by Gasteiger charge is -2.52. The number of rotatable bonds is 28. The summed E-state index contributed by atoms with van der Waals surface area (Å²) in [6.45, 7) is -0.267. The van der Waals surface area contributed by atoms with E-state index in [4.69, 9.17) is 166 Å². The number of methoxy groups -OCH3 is 21. The highest BCUT2D eigenvalue weighted by Gasteiger charge is 2.62. The van der Waals surface area contributed by atoms with Crippen molar-refractivity contribution in [3.8, 4) is 0 Å². The minimum absolute atomic E-state index is 0.0381. The van der Waals surface area contributed by atoms with E-state index in [-0.39, 0.29) is 46.2 Å². The summed E-state index contributed by atoms with van der Waals surface area (Å²) in [5.41, 5.74) is 0. The lowest BCUT2D eigenvalue weighted by Crippen LogP contribution is -2.69. The molecule has 21 rings (SSSR count). The first-order valence-electron chi connectivity index (χ1n) is 32.7. The van der Waals surface area contributed by atoms with Gasteiger partial charge in [-0.3, -0.25) is 0 Å². The van der Waals surface area contributed by atoms with Crippen LogP contribution in [0.5, 0.6) is 0 Å². The van der Waals surface area contributed by atoms with E-state index in [2.05, 4.69) is 0 Å². The first-order chi connectivity index (χ1) is 47.7. The molecule has 0 saturated carbocycles. The Labute approximate surface area is 574 Å². The molecule has 35 nitrogen and oxygen atoms in total. The Balaban J connectivity index is 1.23. The van der Waals surface area contributed by atoms with Crippen LogP contribution in [-0.4, -0.2) is 410 Å². The van der Waals surface area contributed by atoms with Gasteiger partial charge in [0.15, 0.2) is 44.0 Å². The summed E-state index contributed by atoms with van der Waals surface area (Å²) in [6.07, 6.45) is -35.9. The average Bonchev–Trinajstić information content (AvgIpc) is 0.775. The summed E-state index contributed by atoms with van der Waals surface area (Å²) in [6, 6.07) is 0. The number of hydrogen-bond donors (Lipinski definition) is 0. The van der Waals surface area contributed by atoms with Crippen molar-refractivity contribution in [2.45, 2.75) is 215 Å². The topological polar surface area (TPSA) is 323 Å². The molecule has 14 bridgehead atoms. The standard InChI is InChI=1S/C63H112O35/c1-64-22-29-36-43(71-8)50(78-15)57(85-29)93-37-30(23-65-2)87-59(52(80-17)44(37)72-9)95-39-32(25-67-4)89-61(54(82-19)46(39)74-11)97-41-34(27-69-6)91-63(56(84-21)48(41)76-13)98-42-35(28-70-7)90-62(55(83-20)49(42)77-14)96-40-33(26-68-5)88-60(53(81-18)47(40)75-12)94-38-31(24-66-3)86-58(92-36)51(79-16)45(38)73-10/h29-63H,22-28H2,1-21H3/t29-,30-,31-,32-,33-,34-,35-,36-,37-,38-,39-,40-,41-,42-,43+,44+,45+,46+,47+,48+,49+,50-,51-,52-,53-,54-,55-,56-,57-,58-,59-,60-,61-,62-,63-/m1/s1. The SMILES string of the molecule is COC[C@H]1O[C@@H]2O[C@H]3[C@H](OC)[C@@H](OC)[C@@H](O[C@H]4[C@H](OC)[C@@H](OC)[C@@H](O[C@H]5[C@H](OC)[C@@H](OC)[C@@H](O[C@H]6[C@H](OC)[C@@H](OC)[C@@H](O[C@H]7[C@H](OC)[C@@H](OC)[C@@H](O[C@H]8[C@H](OC)[C@@H](OC)[C@@H](O[C@H]1[C@H](OC)[C@H]2OC)O[C@@H]8COC)O[C@@H]7COC)O[C@@H]6COC)O[C@@H]5COC)O[C@@H]4COC)O[C@@H]3COC. The van der Waals surface area contributed by atoms with Crippen molar-refractivity contribution in [1.82, 2.24) is 0 Å². The fourth-order valence-electron chi connectivity index (χ4n) is 14.9. The highest BCUT2D eigenvalue weighted by atomic mass is 16.8. The van der Waals surface area contributed by atoms with E-state index in [9.17, 15) is 0 Å². The van der Waals surface area contributed by atoms with Gasteiger partial charge in [0.25, 0.3) is 0 Å². The van der Waals surface area contributed by atoms with E-state index in [1.807, 2.05) is 0 Å². The quantitative estimate of drug-likeness (QED) is 0.0861. The third kappa shape index (κ3) is 17.8. The monoisotopic (exact) mass is 1430 g/mol. The average molecular weight is 1430 g/mol. The van der Waals surface area contributed by atoms with Crippen LogP contribution in [-0.2, 0) is 166 Å². The van der Waals surface area contributed by atoms with E-state index in [0.717, 1.165) is 0 Å². The van der Waals surface area contributed by atoms with Gasteiger partial charge in [-0.1, -0.05) is 0 Å². The maximum Gasteiger partial charge on any atom is 0.187 e. The Bertz CT molecular complexity index is 1800. The molecule has 0 amide bonds. The number of hydrogen-bond acceptors (Lipinski definition) is 35. The van der Waals surface area contributed by atoms with Crippen molar-refractivity contribution in [2.75, 3.05) is 196 Å². The van der Waals surface area contributed by atoms with E-state index in [1.54, 1.807) is 0 Å². The lowest BCUT2D eigenvalue weighted by molar-refractivity contribution is -0.402. The highest BCUT2D eigenvalue weighted by molar-refractivity contribution is 5.04. The van der Waals surface area contributed by atoms with Gasteiger partial charge in [-0.25, -0.2) is 0 Å². The minimum atomic E-state index is -1.22. The summed E-state index contributed by atoms with van der Waals surface area (Å²) >= 11 is 0. The van der Waals surface area contributed by atoms with Gasteiger partial charge in [0.2, 0.25) is 0 Å². The third-order valence-corrected chi connectivity index (χ3v) is 19.3. The zero-order chi connectivity index (χ0) is 70.9. The van der Waals surface area contributed by atoms with Crippen molar-refractivity contribution in [1.29, 1.82) is 0 Å². The molecular formula is C63H112O35. The normalized spacial score (nSPS) is 46.1. The molecule has 0 unspecified atom stereocenters. The van der Waals surface area contributed by atoms with Crippen LogP contribution in [0.2, 0.25) is 0 Å². The summed E-state index contributed by atoms with van der Waals surface area (Å²) in [5.74, 6) is 0. The van der Waals surface area contributed by atoms with Crippen molar-refractivity contribution in [3.63, 3.8) is 0 Å². The van der Waals surface area contributed by atoms with Crippen LogP contribution in [0.25, 0.3) is 0 Å². The molecule has 0 aromatic rings. The van der Waals surface area contributed by atoms with Gasteiger partial charge in [0.05, 0.1) is 46.2 Å². The molecule has 21 aliphatic heterocycles.